The van der Waals surface area contributed by atoms with Crippen LogP contribution in [0.15, 0.2) is 6.33 Å². The fourth-order valence-corrected chi connectivity index (χ4v) is 3.23. The maximum absolute atomic E-state index is 11.7. The third kappa shape index (κ3) is 5.21. The molecule has 1 fully saturated rings. The highest BCUT2D eigenvalue weighted by Gasteiger charge is 2.19. The van der Waals surface area contributed by atoms with Crippen molar-refractivity contribution in [2.75, 3.05) is 25.6 Å². The van der Waals surface area contributed by atoms with Gasteiger partial charge in [-0.25, -0.2) is 9.78 Å². The number of ether oxygens (including phenoxy) is 3. The quantitative estimate of drug-likeness (QED) is 0.291. The fraction of sp³-hybridized carbons (Fsp3) is 0.647. The molecular weight excluding hydrogens is 390 g/mol. The van der Waals surface area contributed by atoms with Gasteiger partial charge in [-0.3, -0.25) is 4.57 Å². The lowest BCUT2D eigenvalue weighted by Gasteiger charge is -2.21. The van der Waals surface area contributed by atoms with Crippen LogP contribution in [-0.4, -0.2) is 57.1 Å². The largest absolute Gasteiger partial charge is 0.508 e. The predicted octanol–water partition coefficient (Wildman–Crippen LogP) is 2.86. The molecule has 2 heterocycles. The van der Waals surface area contributed by atoms with Crippen molar-refractivity contribution in [1.82, 2.24) is 19.5 Å². The van der Waals surface area contributed by atoms with E-state index in [9.17, 15) is 9.90 Å². The Bertz CT molecular complexity index is 796. The van der Waals surface area contributed by atoms with Crippen molar-refractivity contribution in [3.05, 3.63) is 11.6 Å². The van der Waals surface area contributed by atoms with Crippen LogP contribution in [0.5, 0.6) is 0 Å². The zero-order chi connectivity index (χ0) is 19.9. The lowest BCUT2D eigenvalue weighted by atomic mass is 9.98. The topological polar surface area (TPSA) is 121 Å². The summed E-state index contributed by atoms with van der Waals surface area (Å²) in [6.07, 6.45) is 4.93. The van der Waals surface area contributed by atoms with E-state index in [0.29, 0.717) is 23.4 Å². The van der Waals surface area contributed by atoms with E-state index in [4.69, 9.17) is 25.8 Å². The van der Waals surface area contributed by atoms with E-state index in [1.807, 2.05) is 0 Å². The molecule has 0 bridgehead atoms. The second-order valence-corrected chi connectivity index (χ2v) is 6.78. The summed E-state index contributed by atoms with van der Waals surface area (Å²) in [5, 5.41) is 13.1. The molecule has 0 spiro atoms. The van der Waals surface area contributed by atoms with Gasteiger partial charge in [0, 0.05) is 13.5 Å². The van der Waals surface area contributed by atoms with E-state index in [1.165, 1.54) is 17.3 Å². The summed E-state index contributed by atoms with van der Waals surface area (Å²) in [7, 11) is 1.68. The highest BCUT2D eigenvalue weighted by atomic mass is 35.5. The Hall–Kier alpha value is -2.17. The Morgan fingerprint density at radius 1 is 1.36 bits per heavy atom. The van der Waals surface area contributed by atoms with E-state index in [0.717, 1.165) is 25.7 Å². The molecule has 1 aliphatic rings. The van der Waals surface area contributed by atoms with E-state index < -0.39 is 12.6 Å². The van der Waals surface area contributed by atoms with Crippen LogP contribution in [0.25, 0.3) is 11.2 Å². The van der Waals surface area contributed by atoms with Crippen molar-refractivity contribution in [1.29, 1.82) is 0 Å². The molecule has 0 radical (unpaired) electrons. The van der Waals surface area contributed by atoms with Gasteiger partial charge in [0.05, 0.1) is 13.2 Å². The van der Waals surface area contributed by atoms with Gasteiger partial charge in [-0.15, -0.1) is 0 Å². The molecule has 2 aromatic heterocycles. The fourth-order valence-electron chi connectivity index (χ4n) is 3.06. The summed E-state index contributed by atoms with van der Waals surface area (Å²) in [6, 6.07) is 0. The predicted molar refractivity (Wildman–Crippen MR) is 101 cm³/mol. The van der Waals surface area contributed by atoms with Gasteiger partial charge < -0.3 is 24.6 Å². The smallest absolute Gasteiger partial charge is 0.434 e. The second kappa shape index (κ2) is 9.85. The normalized spacial score (nSPS) is 16.1. The number of aromatic nitrogens is 4. The number of imidazole rings is 1. The van der Waals surface area contributed by atoms with Crippen LogP contribution >= 0.6 is 11.6 Å². The van der Waals surface area contributed by atoms with Crippen LogP contribution in [0.3, 0.4) is 0 Å². The molecule has 1 aliphatic carbocycles. The number of carbonyl (C=O) groups excluding carboxylic acids is 1. The minimum atomic E-state index is -1.31. The first kappa shape index (κ1) is 20.6. The number of halogens is 1. The minimum absolute atomic E-state index is 0.0238. The van der Waals surface area contributed by atoms with Gasteiger partial charge in [-0.05, 0) is 37.3 Å². The molecule has 0 amide bonds. The third-order valence-corrected chi connectivity index (χ3v) is 4.63. The first-order valence-corrected chi connectivity index (χ1v) is 9.67. The van der Waals surface area contributed by atoms with Gasteiger partial charge in [0.25, 0.3) is 0 Å². The summed E-state index contributed by atoms with van der Waals surface area (Å²) >= 11 is 5.90. The molecule has 154 valence electrons. The molecular formula is C17H24ClN5O5. The summed E-state index contributed by atoms with van der Waals surface area (Å²) in [4.78, 5) is 23.9. The number of hydrogen-bond acceptors (Lipinski definition) is 9. The summed E-state index contributed by atoms with van der Waals surface area (Å²) in [6.45, 7) is 0.302. The van der Waals surface area contributed by atoms with Crippen molar-refractivity contribution < 1.29 is 24.1 Å². The summed E-state index contributed by atoms with van der Waals surface area (Å²) in [5.74, 6) is 0.450. The third-order valence-electron chi connectivity index (χ3n) is 4.46. The number of anilines is 1. The Morgan fingerprint density at radius 3 is 2.89 bits per heavy atom. The van der Waals surface area contributed by atoms with Crippen molar-refractivity contribution in [3.63, 3.8) is 0 Å². The van der Waals surface area contributed by atoms with Gasteiger partial charge in [0.2, 0.25) is 11.7 Å². The standard InChI is InChI=1S/C17H24ClN5O5/c1-19-13-12-14(22-15(18)21-13)23(10-20-12)16(24)26-8-5-9-27-17(25)28-11-6-3-2-4-7-11/h10-11,16,24H,2-9H2,1H3,(H,19,21,22). The van der Waals surface area contributed by atoms with Crippen molar-refractivity contribution in [2.24, 2.45) is 0 Å². The first-order valence-electron chi connectivity index (χ1n) is 9.29. The van der Waals surface area contributed by atoms with E-state index >= 15 is 0 Å². The number of fused-ring (bicyclic) bond motifs is 1. The number of nitrogens with one attached hydrogen (secondary N) is 1. The van der Waals surface area contributed by atoms with Gasteiger partial charge in [0.1, 0.15) is 12.4 Å². The van der Waals surface area contributed by atoms with Crippen LogP contribution in [-0.2, 0) is 14.2 Å². The molecule has 2 N–H and O–H groups in total. The molecule has 0 saturated heterocycles. The number of aliphatic hydroxyl groups is 1. The number of aliphatic hydroxyl groups excluding tert-OH is 1. The Morgan fingerprint density at radius 2 is 2.14 bits per heavy atom. The second-order valence-electron chi connectivity index (χ2n) is 6.44. The molecule has 11 heteroatoms. The Kier molecular flexibility index (Phi) is 7.24. The van der Waals surface area contributed by atoms with Gasteiger partial charge in [0.15, 0.2) is 17.0 Å². The Labute approximate surface area is 167 Å². The average Bonchev–Trinajstić information content (AvgIpc) is 3.11. The summed E-state index contributed by atoms with van der Waals surface area (Å²) in [5.41, 5.74) is 0.799. The van der Waals surface area contributed by atoms with Crippen molar-refractivity contribution >= 4 is 34.7 Å². The molecule has 2 aromatic rings. The highest BCUT2D eigenvalue weighted by Crippen LogP contribution is 2.23. The summed E-state index contributed by atoms with van der Waals surface area (Å²) < 4.78 is 17.0. The van der Waals surface area contributed by atoms with Gasteiger partial charge in [-0.1, -0.05) is 6.42 Å². The van der Waals surface area contributed by atoms with E-state index in [1.54, 1.807) is 7.05 Å². The lowest BCUT2D eigenvalue weighted by Crippen LogP contribution is -2.22. The molecule has 1 unspecified atom stereocenters. The van der Waals surface area contributed by atoms with Crippen LogP contribution in [0.1, 0.15) is 44.9 Å². The molecule has 1 saturated carbocycles. The minimum Gasteiger partial charge on any atom is -0.434 e. The van der Waals surface area contributed by atoms with Crippen molar-refractivity contribution in [3.8, 4) is 0 Å². The van der Waals surface area contributed by atoms with Crippen molar-refractivity contribution in [2.45, 2.75) is 51.0 Å². The lowest BCUT2D eigenvalue weighted by molar-refractivity contribution is -0.152. The molecule has 3 rings (SSSR count). The average molecular weight is 414 g/mol. The van der Waals surface area contributed by atoms with Crippen LogP contribution in [0.4, 0.5) is 10.6 Å². The maximum Gasteiger partial charge on any atom is 0.508 e. The number of hydrogen-bond donors (Lipinski definition) is 2. The first-order chi connectivity index (χ1) is 13.6. The molecule has 0 aliphatic heterocycles. The zero-order valence-corrected chi connectivity index (χ0v) is 16.4. The number of carbonyl (C=O) groups is 1. The zero-order valence-electron chi connectivity index (χ0n) is 15.6. The van der Waals surface area contributed by atoms with Crippen LogP contribution in [0, 0.1) is 0 Å². The van der Waals surface area contributed by atoms with Gasteiger partial charge >= 0.3 is 6.16 Å². The molecule has 0 aromatic carbocycles. The monoisotopic (exact) mass is 413 g/mol. The van der Waals surface area contributed by atoms with E-state index in [2.05, 4.69) is 20.3 Å². The molecule has 28 heavy (non-hydrogen) atoms. The van der Waals surface area contributed by atoms with E-state index in [-0.39, 0.29) is 24.6 Å². The molecule has 1 atom stereocenters. The maximum atomic E-state index is 11.7. The van der Waals surface area contributed by atoms with Crippen LogP contribution < -0.4 is 5.32 Å². The highest BCUT2D eigenvalue weighted by molar-refractivity contribution is 6.28. The number of rotatable bonds is 8. The van der Waals surface area contributed by atoms with Crippen LogP contribution in [0.2, 0.25) is 5.28 Å². The Balaban J connectivity index is 1.42. The van der Waals surface area contributed by atoms with Gasteiger partial charge in [-0.2, -0.15) is 9.97 Å². The number of nitrogens with zero attached hydrogens (tertiary/aromatic N) is 4. The molecule has 10 nitrogen and oxygen atoms in total. The SMILES string of the molecule is CNc1nc(Cl)nc2c1ncn2C(O)OCCCOC(=O)OC1CCCCC1.